The number of hydrogen-bond acceptors (Lipinski definition) is 4. The van der Waals surface area contributed by atoms with E-state index in [1.807, 2.05) is 19.9 Å². The summed E-state index contributed by atoms with van der Waals surface area (Å²) in [5.41, 5.74) is 9.67. The quantitative estimate of drug-likeness (QED) is 0.916. The fourth-order valence-corrected chi connectivity index (χ4v) is 1.87. The Labute approximate surface area is 113 Å². The summed E-state index contributed by atoms with van der Waals surface area (Å²) in [6.45, 7) is 6.13. The zero-order valence-corrected chi connectivity index (χ0v) is 11.7. The van der Waals surface area contributed by atoms with Crippen LogP contribution in [-0.2, 0) is 0 Å². The average Bonchev–Trinajstić information content (AvgIpc) is 2.37. The van der Waals surface area contributed by atoms with Gasteiger partial charge in [-0.2, -0.15) is 4.98 Å². The molecule has 4 nitrogen and oxygen atoms in total. The van der Waals surface area contributed by atoms with E-state index < -0.39 is 0 Å². The van der Waals surface area contributed by atoms with E-state index in [2.05, 4.69) is 18.0 Å². The fourth-order valence-electron chi connectivity index (χ4n) is 1.87. The number of rotatable bonds is 3. The van der Waals surface area contributed by atoms with Crippen LogP contribution in [0.1, 0.15) is 16.7 Å². The van der Waals surface area contributed by atoms with Gasteiger partial charge in [-0.1, -0.05) is 6.07 Å². The standard InChI is InChI=1S/C15H18N2O2/c1-9-7-10(2)11(3)13(8-9)19-14-6-5-12(16)15(17-14)18-4/h5-8H,16H2,1-4H3. The number of methoxy groups -OCH3 is 1. The molecule has 1 aromatic carbocycles. The Morgan fingerprint density at radius 2 is 1.84 bits per heavy atom. The topological polar surface area (TPSA) is 57.4 Å². The van der Waals surface area contributed by atoms with Crippen molar-refractivity contribution in [2.45, 2.75) is 20.8 Å². The van der Waals surface area contributed by atoms with E-state index in [-0.39, 0.29) is 0 Å². The van der Waals surface area contributed by atoms with E-state index >= 15 is 0 Å². The Balaban J connectivity index is 2.36. The second-order valence-electron chi connectivity index (χ2n) is 4.56. The second-order valence-corrected chi connectivity index (χ2v) is 4.56. The number of nitrogen functional groups attached to an aromatic ring is 1. The largest absolute Gasteiger partial charge is 0.479 e. The highest BCUT2D eigenvalue weighted by molar-refractivity contribution is 5.50. The minimum atomic E-state index is 0.375. The van der Waals surface area contributed by atoms with Crippen LogP contribution in [0.3, 0.4) is 0 Å². The number of nitrogens with two attached hydrogens (primary N) is 1. The summed E-state index contributed by atoms with van der Waals surface area (Å²) in [4.78, 5) is 4.22. The van der Waals surface area contributed by atoms with Crippen molar-refractivity contribution in [2.24, 2.45) is 0 Å². The van der Waals surface area contributed by atoms with Crippen LogP contribution in [0.15, 0.2) is 24.3 Å². The van der Waals surface area contributed by atoms with Crippen molar-refractivity contribution in [2.75, 3.05) is 12.8 Å². The Kier molecular flexibility index (Phi) is 3.60. The van der Waals surface area contributed by atoms with Crippen molar-refractivity contribution in [3.8, 4) is 17.5 Å². The molecular weight excluding hydrogens is 240 g/mol. The Morgan fingerprint density at radius 1 is 1.11 bits per heavy atom. The molecule has 0 saturated carbocycles. The van der Waals surface area contributed by atoms with Gasteiger partial charge in [0, 0.05) is 6.07 Å². The third-order valence-electron chi connectivity index (χ3n) is 3.04. The van der Waals surface area contributed by atoms with Gasteiger partial charge in [0.25, 0.3) is 0 Å². The molecule has 0 amide bonds. The van der Waals surface area contributed by atoms with Crippen LogP contribution in [0, 0.1) is 20.8 Å². The molecule has 0 saturated heterocycles. The van der Waals surface area contributed by atoms with Crippen molar-refractivity contribution in [1.82, 2.24) is 4.98 Å². The number of benzene rings is 1. The number of aryl methyl sites for hydroxylation is 2. The second kappa shape index (κ2) is 5.18. The van der Waals surface area contributed by atoms with Gasteiger partial charge >= 0.3 is 0 Å². The lowest BCUT2D eigenvalue weighted by Gasteiger charge is -2.12. The first-order valence-corrected chi connectivity index (χ1v) is 6.07. The molecule has 0 bridgehead atoms. The van der Waals surface area contributed by atoms with Crippen molar-refractivity contribution in [1.29, 1.82) is 0 Å². The van der Waals surface area contributed by atoms with E-state index in [9.17, 15) is 0 Å². The van der Waals surface area contributed by atoms with Crippen LogP contribution in [0.5, 0.6) is 17.5 Å². The third kappa shape index (κ3) is 2.78. The molecule has 0 atom stereocenters. The Morgan fingerprint density at radius 3 is 2.53 bits per heavy atom. The lowest BCUT2D eigenvalue weighted by Crippen LogP contribution is -1.98. The molecule has 0 aliphatic rings. The van der Waals surface area contributed by atoms with E-state index in [4.69, 9.17) is 15.2 Å². The van der Waals surface area contributed by atoms with Gasteiger partial charge in [0.15, 0.2) is 0 Å². The lowest BCUT2D eigenvalue weighted by atomic mass is 10.1. The first-order chi connectivity index (χ1) is 9.01. The van der Waals surface area contributed by atoms with Crippen molar-refractivity contribution in [3.05, 3.63) is 41.0 Å². The minimum Gasteiger partial charge on any atom is -0.479 e. The summed E-state index contributed by atoms with van der Waals surface area (Å²) in [6.07, 6.45) is 0. The summed E-state index contributed by atoms with van der Waals surface area (Å²) in [5.74, 6) is 1.65. The van der Waals surface area contributed by atoms with Crippen molar-refractivity contribution >= 4 is 5.69 Å². The number of hydrogen-bond donors (Lipinski definition) is 1. The van der Waals surface area contributed by atoms with Gasteiger partial charge in [0.05, 0.1) is 12.8 Å². The molecule has 0 aliphatic carbocycles. The van der Waals surface area contributed by atoms with Crippen molar-refractivity contribution < 1.29 is 9.47 Å². The van der Waals surface area contributed by atoms with Crippen LogP contribution >= 0.6 is 0 Å². The van der Waals surface area contributed by atoms with E-state index in [1.165, 1.54) is 12.7 Å². The molecule has 1 heterocycles. The van der Waals surface area contributed by atoms with Crippen LogP contribution in [0.4, 0.5) is 5.69 Å². The molecule has 4 heteroatoms. The van der Waals surface area contributed by atoms with Gasteiger partial charge < -0.3 is 15.2 Å². The van der Waals surface area contributed by atoms with Crippen LogP contribution in [0.25, 0.3) is 0 Å². The number of pyridine rings is 1. The molecule has 2 aromatic rings. The normalized spacial score (nSPS) is 10.3. The maximum atomic E-state index is 5.82. The zero-order valence-electron chi connectivity index (χ0n) is 11.7. The lowest BCUT2D eigenvalue weighted by molar-refractivity contribution is 0.385. The van der Waals surface area contributed by atoms with Gasteiger partial charge in [-0.05, 0) is 49.6 Å². The van der Waals surface area contributed by atoms with Crippen LogP contribution in [0.2, 0.25) is 0 Å². The molecular formula is C15H18N2O2. The SMILES string of the molecule is COc1nc(Oc2cc(C)cc(C)c2C)ccc1N. The fraction of sp³-hybridized carbons (Fsp3) is 0.267. The number of ether oxygens (including phenoxy) is 2. The summed E-state index contributed by atoms with van der Waals surface area (Å²) >= 11 is 0. The highest BCUT2D eigenvalue weighted by Gasteiger charge is 2.08. The molecule has 100 valence electrons. The molecule has 1 aromatic heterocycles. The summed E-state index contributed by atoms with van der Waals surface area (Å²) in [6, 6.07) is 7.57. The van der Waals surface area contributed by atoms with Gasteiger partial charge in [-0.25, -0.2) is 0 Å². The maximum Gasteiger partial charge on any atom is 0.240 e. The number of nitrogens with zero attached hydrogens (tertiary/aromatic N) is 1. The molecule has 0 unspecified atom stereocenters. The van der Waals surface area contributed by atoms with Gasteiger partial charge in [0.1, 0.15) is 5.75 Å². The summed E-state index contributed by atoms with van der Waals surface area (Å²) in [5, 5.41) is 0. The third-order valence-corrected chi connectivity index (χ3v) is 3.04. The first-order valence-electron chi connectivity index (χ1n) is 6.07. The molecule has 0 spiro atoms. The van der Waals surface area contributed by atoms with E-state index in [1.54, 1.807) is 12.1 Å². The Bertz CT molecular complexity index is 609. The molecule has 0 radical (unpaired) electrons. The van der Waals surface area contributed by atoms with E-state index in [0.717, 1.165) is 16.9 Å². The van der Waals surface area contributed by atoms with Crippen LogP contribution in [-0.4, -0.2) is 12.1 Å². The monoisotopic (exact) mass is 258 g/mol. The maximum absolute atomic E-state index is 5.82. The van der Waals surface area contributed by atoms with Gasteiger partial charge in [-0.15, -0.1) is 0 Å². The molecule has 2 rings (SSSR count). The van der Waals surface area contributed by atoms with Gasteiger partial charge in [-0.3, -0.25) is 0 Å². The van der Waals surface area contributed by atoms with Crippen molar-refractivity contribution in [3.63, 3.8) is 0 Å². The highest BCUT2D eigenvalue weighted by atomic mass is 16.5. The Hall–Kier alpha value is -2.23. The zero-order chi connectivity index (χ0) is 14.0. The molecule has 0 fully saturated rings. The van der Waals surface area contributed by atoms with E-state index in [0.29, 0.717) is 17.4 Å². The molecule has 2 N–H and O–H groups in total. The predicted octanol–water partition coefficient (Wildman–Crippen LogP) is 3.39. The van der Waals surface area contributed by atoms with Gasteiger partial charge in [0.2, 0.25) is 11.8 Å². The molecule has 0 aliphatic heterocycles. The summed E-state index contributed by atoms with van der Waals surface area (Å²) in [7, 11) is 1.53. The number of aromatic nitrogens is 1. The van der Waals surface area contributed by atoms with Crippen LogP contribution < -0.4 is 15.2 Å². The number of anilines is 1. The highest BCUT2D eigenvalue weighted by Crippen LogP contribution is 2.29. The summed E-state index contributed by atoms with van der Waals surface area (Å²) < 4.78 is 10.9. The average molecular weight is 258 g/mol. The first kappa shape index (κ1) is 13.2. The predicted molar refractivity (Wildman–Crippen MR) is 75.9 cm³/mol. The smallest absolute Gasteiger partial charge is 0.240 e. The minimum absolute atomic E-state index is 0.375. The molecule has 19 heavy (non-hydrogen) atoms.